The first-order valence-corrected chi connectivity index (χ1v) is 14.8. The number of likely N-dealkylation sites (N-methyl/N-ethyl adjacent to an activating group) is 1. The van der Waals surface area contributed by atoms with E-state index in [0.717, 1.165) is 18.2 Å². The summed E-state index contributed by atoms with van der Waals surface area (Å²) in [6, 6.07) is 6.19. The maximum absolute atomic E-state index is 13.3. The summed E-state index contributed by atoms with van der Waals surface area (Å²) in [5.41, 5.74) is 0.780. The third-order valence-electron chi connectivity index (χ3n) is 8.50. The fraction of sp³-hybridized carbons (Fsp3) is 0.310. The summed E-state index contributed by atoms with van der Waals surface area (Å²) < 4.78 is 29.9. The van der Waals surface area contributed by atoms with Crippen molar-refractivity contribution in [1.82, 2.24) is 4.90 Å². The van der Waals surface area contributed by atoms with Gasteiger partial charge in [0, 0.05) is 11.5 Å². The number of benzene rings is 2. The van der Waals surface area contributed by atoms with Gasteiger partial charge >= 0.3 is 5.97 Å². The molecule has 5 rings (SSSR count). The van der Waals surface area contributed by atoms with Gasteiger partial charge in [-0.15, -0.1) is 0 Å². The normalized spacial score (nSPS) is 26.7. The highest BCUT2D eigenvalue weighted by Gasteiger charge is 2.67. The lowest BCUT2D eigenvalue weighted by Crippen LogP contribution is -2.68. The minimum atomic E-state index is -4.60. The van der Waals surface area contributed by atoms with Gasteiger partial charge in [-0.25, -0.2) is 4.79 Å². The SMILES string of the molecule is C[C@H]1c2cccc(O)c2C(=O)C2=C(O)[C@]3(O)C(=O)C(C(N)=O)=C(O)[C@@H](N(C)C)[C@@H]3[C@@H](O)[C@@H]21.O.O=C(O)c1cccc(S(=O)(=O)O)c1O. The van der Waals surface area contributed by atoms with Crippen LogP contribution in [0.15, 0.2) is 64.0 Å². The number of rotatable bonds is 4. The number of phenolic OH excluding ortho intramolecular Hbond substituents is 1. The molecule has 0 aliphatic heterocycles. The van der Waals surface area contributed by atoms with Crippen LogP contribution in [0, 0.1) is 11.8 Å². The van der Waals surface area contributed by atoms with E-state index in [2.05, 4.69) is 0 Å². The summed E-state index contributed by atoms with van der Waals surface area (Å²) in [5.74, 6) is -11.3. The third kappa shape index (κ3) is 5.49. The summed E-state index contributed by atoms with van der Waals surface area (Å²) in [7, 11) is -1.63. The number of nitrogens with two attached hydrogens (primary N) is 1. The first-order valence-electron chi connectivity index (χ1n) is 13.4. The van der Waals surface area contributed by atoms with Gasteiger partial charge in [0.05, 0.1) is 23.6 Å². The molecular weight excluding hydrogens is 648 g/mol. The predicted octanol–water partition coefficient (Wildman–Crippen LogP) is -0.835. The quantitative estimate of drug-likeness (QED) is 0.140. The van der Waals surface area contributed by atoms with Crippen molar-refractivity contribution in [3.63, 3.8) is 0 Å². The Morgan fingerprint density at radius 2 is 1.57 bits per heavy atom. The van der Waals surface area contributed by atoms with Crippen LogP contribution in [-0.4, -0.2) is 114 Å². The number of phenols is 2. The van der Waals surface area contributed by atoms with E-state index in [0.29, 0.717) is 5.56 Å². The van der Waals surface area contributed by atoms with Crippen LogP contribution in [0.1, 0.15) is 39.1 Å². The second kappa shape index (κ2) is 12.4. The van der Waals surface area contributed by atoms with Crippen molar-refractivity contribution in [2.75, 3.05) is 14.1 Å². The molecular formula is C29H32N2O15S. The number of aliphatic hydroxyl groups excluding tert-OH is 3. The molecule has 2 aromatic carbocycles. The largest absolute Gasteiger partial charge is 0.510 e. The van der Waals surface area contributed by atoms with Crippen molar-refractivity contribution < 1.29 is 73.4 Å². The van der Waals surface area contributed by atoms with Gasteiger partial charge in [-0.3, -0.25) is 23.8 Å². The number of fused-ring (bicyclic) bond motifs is 3. The Morgan fingerprint density at radius 1 is 1.00 bits per heavy atom. The van der Waals surface area contributed by atoms with Gasteiger partial charge in [0.25, 0.3) is 16.0 Å². The van der Waals surface area contributed by atoms with Crippen molar-refractivity contribution in [2.24, 2.45) is 17.6 Å². The molecule has 0 heterocycles. The summed E-state index contributed by atoms with van der Waals surface area (Å²) in [6.45, 7) is 1.68. The Labute approximate surface area is 266 Å². The molecule has 3 aliphatic rings. The number of aromatic hydroxyl groups is 2. The lowest BCUT2D eigenvalue weighted by atomic mass is 9.55. The highest BCUT2D eigenvalue weighted by molar-refractivity contribution is 7.86. The first kappa shape index (κ1) is 36.6. The van der Waals surface area contributed by atoms with Gasteiger partial charge in [0.1, 0.15) is 33.3 Å². The van der Waals surface area contributed by atoms with Crippen molar-refractivity contribution >= 4 is 33.6 Å². The first-order chi connectivity index (χ1) is 21.2. The topological polar surface area (TPSA) is 325 Å². The lowest BCUT2D eigenvalue weighted by molar-refractivity contribution is -0.162. The van der Waals surface area contributed by atoms with Crippen LogP contribution in [0.25, 0.3) is 0 Å². The minimum Gasteiger partial charge on any atom is -0.510 e. The molecule has 18 heteroatoms. The molecule has 0 unspecified atom stereocenters. The van der Waals surface area contributed by atoms with Crippen LogP contribution in [0.4, 0.5) is 0 Å². The molecule has 12 N–H and O–H groups in total. The third-order valence-corrected chi connectivity index (χ3v) is 9.39. The van der Waals surface area contributed by atoms with Gasteiger partial charge in [-0.1, -0.05) is 25.1 Å². The van der Waals surface area contributed by atoms with Crippen LogP contribution in [-0.2, 0) is 19.7 Å². The van der Waals surface area contributed by atoms with E-state index in [9.17, 15) is 58.2 Å². The number of carboxylic acid groups (broad SMARTS) is 1. The van der Waals surface area contributed by atoms with Gasteiger partial charge in [0.2, 0.25) is 5.78 Å². The smallest absolute Gasteiger partial charge is 0.339 e. The standard InChI is InChI=1S/C22H24N2O8.C7H6O6S.H2O/c1-7-8-5-4-6-9(25)11(8)16(26)12-10(7)17(27)14-15(24(2)3)18(28)13(21(23)31)20(30)22(14,32)19(12)29;8-6-4(7(9)10)2-1-3-5(6)14(11,12)13;/h4-7,10,14-15,17,25,27-29,32H,1-3H3,(H2,23,31);1-3,8H,(H,9,10)(H,11,12,13);1H2/t7-,10+,14+,15-,17-,22-;;/m0../s1. The molecule has 0 bridgehead atoms. The number of Topliss-reactive ketones (excluding diaryl/α,β-unsaturated/α-hetero) is 2. The van der Waals surface area contributed by atoms with Crippen LogP contribution < -0.4 is 5.73 Å². The molecule has 47 heavy (non-hydrogen) atoms. The number of primary amides is 1. The number of hydrogen-bond donors (Lipinski definition) is 9. The minimum absolute atomic E-state index is 0. The molecule has 0 aromatic heterocycles. The fourth-order valence-electron chi connectivity index (χ4n) is 6.49. The molecule has 0 spiro atoms. The van der Waals surface area contributed by atoms with Crippen LogP contribution in [0.2, 0.25) is 0 Å². The Hall–Kier alpha value is -4.85. The number of amides is 1. The molecule has 17 nitrogen and oxygen atoms in total. The summed E-state index contributed by atoms with van der Waals surface area (Å²) in [5, 5.41) is 72.7. The molecule has 254 valence electrons. The maximum atomic E-state index is 13.3. The van der Waals surface area contributed by atoms with Crippen LogP contribution in [0.3, 0.4) is 0 Å². The molecule has 1 amide bonds. The second-order valence-corrected chi connectivity index (χ2v) is 12.6. The number of aromatic carboxylic acids is 1. The average Bonchev–Trinajstić information content (AvgIpc) is 2.94. The van der Waals surface area contributed by atoms with Gasteiger partial charge in [-0.05, 0) is 43.8 Å². The molecule has 0 fully saturated rings. The van der Waals surface area contributed by atoms with Crippen LogP contribution in [0.5, 0.6) is 11.5 Å². The number of ketones is 2. The van der Waals surface area contributed by atoms with E-state index in [1.165, 1.54) is 25.1 Å². The van der Waals surface area contributed by atoms with Crippen molar-refractivity contribution in [3.05, 3.63) is 75.8 Å². The number of carboxylic acids is 1. The Balaban J connectivity index is 0.000000338. The van der Waals surface area contributed by atoms with E-state index in [-0.39, 0.29) is 16.8 Å². The number of carbonyl (C=O) groups excluding carboxylic acids is 3. The molecule has 2 aromatic rings. The Kier molecular flexibility index (Phi) is 9.66. The van der Waals surface area contributed by atoms with Crippen molar-refractivity contribution in [3.8, 4) is 11.5 Å². The van der Waals surface area contributed by atoms with Gasteiger partial charge in [-0.2, -0.15) is 8.42 Å². The molecule has 6 atom stereocenters. The number of carbonyl (C=O) groups is 4. The molecule has 0 saturated carbocycles. The van der Waals surface area contributed by atoms with E-state index < -0.39 is 108 Å². The molecule has 0 radical (unpaired) electrons. The van der Waals surface area contributed by atoms with Crippen LogP contribution >= 0.6 is 0 Å². The zero-order chi connectivity index (χ0) is 34.8. The summed E-state index contributed by atoms with van der Waals surface area (Å²) in [4.78, 5) is 49.5. The van der Waals surface area contributed by atoms with Gasteiger partial charge in [0.15, 0.2) is 17.1 Å². The predicted molar refractivity (Wildman–Crippen MR) is 158 cm³/mol. The lowest BCUT2D eigenvalue weighted by Gasteiger charge is -2.53. The van der Waals surface area contributed by atoms with E-state index in [1.54, 1.807) is 19.1 Å². The number of hydrogen-bond acceptors (Lipinski definition) is 13. The Morgan fingerprint density at radius 3 is 2.09 bits per heavy atom. The molecule has 3 aliphatic carbocycles. The Bertz CT molecular complexity index is 1870. The zero-order valence-electron chi connectivity index (χ0n) is 24.8. The van der Waals surface area contributed by atoms with Crippen molar-refractivity contribution in [2.45, 2.75) is 35.5 Å². The number of para-hydroxylation sites is 1. The van der Waals surface area contributed by atoms with Crippen molar-refractivity contribution in [1.29, 1.82) is 0 Å². The highest BCUT2D eigenvalue weighted by atomic mass is 32.2. The zero-order valence-corrected chi connectivity index (χ0v) is 25.6. The molecule has 0 saturated heterocycles. The fourth-order valence-corrected chi connectivity index (χ4v) is 7.09. The monoisotopic (exact) mass is 680 g/mol. The number of aliphatic hydroxyl groups is 4. The summed E-state index contributed by atoms with van der Waals surface area (Å²) in [6.07, 6.45) is -1.59. The van der Waals surface area contributed by atoms with Gasteiger partial charge < -0.3 is 47.0 Å². The number of nitrogens with zero attached hydrogens (tertiary/aromatic N) is 1. The summed E-state index contributed by atoms with van der Waals surface area (Å²) >= 11 is 0. The average molecular weight is 681 g/mol. The van der Waals surface area contributed by atoms with E-state index in [4.69, 9.17) is 15.4 Å². The highest BCUT2D eigenvalue weighted by Crippen LogP contribution is 2.55. The van der Waals surface area contributed by atoms with E-state index in [1.807, 2.05) is 0 Å². The maximum Gasteiger partial charge on any atom is 0.339 e. The second-order valence-electron chi connectivity index (χ2n) is 11.2. The van der Waals surface area contributed by atoms with E-state index >= 15 is 0 Å².